The summed E-state index contributed by atoms with van der Waals surface area (Å²) in [5.41, 5.74) is 0.207. The molecule has 4 aromatic carbocycles. The van der Waals surface area contributed by atoms with Crippen molar-refractivity contribution in [1.82, 2.24) is 4.90 Å². The summed E-state index contributed by atoms with van der Waals surface area (Å²) >= 11 is 0.789. The number of benzene rings is 4. The molecule has 0 radical (unpaired) electrons. The average Bonchev–Trinajstić information content (AvgIpc) is 3.17. The first-order valence-corrected chi connectivity index (χ1v) is 12.0. The van der Waals surface area contributed by atoms with Crippen LogP contribution >= 0.6 is 11.8 Å². The molecule has 2 amide bonds. The van der Waals surface area contributed by atoms with E-state index in [0.29, 0.717) is 5.56 Å². The second-order valence-corrected chi connectivity index (χ2v) is 9.21. The van der Waals surface area contributed by atoms with Gasteiger partial charge in [-0.05, 0) is 46.3 Å². The molecule has 1 aliphatic heterocycles. The van der Waals surface area contributed by atoms with Crippen LogP contribution in [-0.2, 0) is 11.3 Å². The molecule has 0 N–H and O–H groups in total. The minimum atomic E-state index is -0.774. The van der Waals surface area contributed by atoms with E-state index in [2.05, 4.69) is 0 Å². The Kier molecular flexibility index (Phi) is 6.58. The minimum Gasteiger partial charge on any atom is -0.449 e. The van der Waals surface area contributed by atoms with Crippen LogP contribution in [0.2, 0.25) is 0 Å². The van der Waals surface area contributed by atoms with Crippen molar-refractivity contribution in [3.05, 3.63) is 121 Å². The molecule has 4 aromatic rings. The molecule has 0 saturated carbocycles. The Morgan fingerprint density at radius 3 is 2.37 bits per heavy atom. The van der Waals surface area contributed by atoms with Crippen molar-refractivity contribution >= 4 is 51.1 Å². The lowest BCUT2D eigenvalue weighted by Gasteiger charge is -2.14. The first kappa shape index (κ1) is 24.7. The van der Waals surface area contributed by atoms with Crippen molar-refractivity contribution < 1.29 is 24.2 Å². The number of rotatable bonds is 7. The van der Waals surface area contributed by atoms with Gasteiger partial charge in [0.05, 0.1) is 27.4 Å². The van der Waals surface area contributed by atoms with Crippen molar-refractivity contribution in [2.75, 3.05) is 0 Å². The fourth-order valence-electron chi connectivity index (χ4n) is 4.04. The van der Waals surface area contributed by atoms with Crippen LogP contribution in [0.15, 0.2) is 89.8 Å². The van der Waals surface area contributed by atoms with Crippen LogP contribution in [-0.4, -0.2) is 25.9 Å². The first-order chi connectivity index (χ1) is 18.3. The maximum atomic E-state index is 13.2. The second-order valence-electron chi connectivity index (χ2n) is 8.21. The van der Waals surface area contributed by atoms with E-state index in [1.165, 1.54) is 17.0 Å². The standard InChI is InChI=1S/C27H17N3O7S/c31-26-25(38-27(32)28(26)16-19-9-5-8-17-6-1-3-10-21(17)19)14-18-7-2-4-11-23(18)37-24-13-12-20(29(33)34)15-22(24)30(35)36/h1-15H,16H2/b25-14+. The number of nitro benzene ring substituents is 2. The fraction of sp³-hybridized carbons (Fsp3) is 0.0370. The SMILES string of the molecule is O=C1S/C(=C/c2ccccc2Oc2ccc([N+](=O)[O-])cc2[N+](=O)[O-])C(=O)N1Cc1cccc2ccccc12. The third-order valence-corrected chi connectivity index (χ3v) is 6.76. The van der Waals surface area contributed by atoms with E-state index < -0.39 is 32.4 Å². The van der Waals surface area contributed by atoms with Crippen LogP contribution in [0.5, 0.6) is 11.5 Å². The molecule has 0 aromatic heterocycles. The Labute approximate surface area is 219 Å². The molecule has 0 unspecified atom stereocenters. The maximum Gasteiger partial charge on any atom is 0.318 e. The number of thioether (sulfide) groups is 1. The average molecular weight is 528 g/mol. The number of fused-ring (bicyclic) bond motifs is 1. The van der Waals surface area contributed by atoms with E-state index in [0.717, 1.165) is 46.3 Å². The van der Waals surface area contributed by atoms with Crippen molar-refractivity contribution in [2.24, 2.45) is 0 Å². The lowest BCUT2D eigenvalue weighted by molar-refractivity contribution is -0.394. The zero-order valence-electron chi connectivity index (χ0n) is 19.5. The van der Waals surface area contributed by atoms with E-state index in [1.807, 2.05) is 42.5 Å². The van der Waals surface area contributed by atoms with E-state index in [4.69, 9.17) is 4.74 Å². The summed E-state index contributed by atoms with van der Waals surface area (Å²) in [6, 6.07) is 23.0. The molecule has 1 saturated heterocycles. The van der Waals surface area contributed by atoms with Crippen LogP contribution in [0.1, 0.15) is 11.1 Å². The lowest BCUT2D eigenvalue weighted by Crippen LogP contribution is -2.27. The van der Waals surface area contributed by atoms with Crippen molar-refractivity contribution in [1.29, 1.82) is 0 Å². The summed E-state index contributed by atoms with van der Waals surface area (Å²) in [5.74, 6) is -0.500. The van der Waals surface area contributed by atoms with Gasteiger partial charge in [-0.3, -0.25) is 34.7 Å². The largest absolute Gasteiger partial charge is 0.449 e. The summed E-state index contributed by atoms with van der Waals surface area (Å²) < 4.78 is 5.75. The van der Waals surface area contributed by atoms with Gasteiger partial charge in [0, 0.05) is 11.6 Å². The van der Waals surface area contributed by atoms with Crippen LogP contribution < -0.4 is 4.74 Å². The smallest absolute Gasteiger partial charge is 0.318 e. The number of hydrogen-bond donors (Lipinski definition) is 0. The van der Waals surface area contributed by atoms with Gasteiger partial charge in [0.1, 0.15) is 5.75 Å². The van der Waals surface area contributed by atoms with E-state index in [9.17, 15) is 29.8 Å². The molecule has 188 valence electrons. The first-order valence-electron chi connectivity index (χ1n) is 11.2. The number of amides is 2. The zero-order valence-corrected chi connectivity index (χ0v) is 20.3. The van der Waals surface area contributed by atoms with Crippen molar-refractivity contribution in [2.45, 2.75) is 6.54 Å². The molecule has 0 aliphatic carbocycles. The summed E-state index contributed by atoms with van der Waals surface area (Å²) in [4.78, 5) is 48.3. The predicted molar refractivity (Wildman–Crippen MR) is 142 cm³/mol. The topological polar surface area (TPSA) is 133 Å². The van der Waals surface area contributed by atoms with Gasteiger partial charge in [-0.15, -0.1) is 0 Å². The summed E-state index contributed by atoms with van der Waals surface area (Å²) in [6.45, 7) is 0.108. The molecule has 0 bridgehead atoms. The van der Waals surface area contributed by atoms with Crippen LogP contribution in [0.25, 0.3) is 16.8 Å². The highest BCUT2D eigenvalue weighted by Gasteiger charge is 2.35. The van der Waals surface area contributed by atoms with Crippen LogP contribution in [0, 0.1) is 20.2 Å². The molecular weight excluding hydrogens is 510 g/mol. The van der Waals surface area contributed by atoms with Crippen LogP contribution in [0.3, 0.4) is 0 Å². The van der Waals surface area contributed by atoms with Crippen LogP contribution in [0.4, 0.5) is 16.2 Å². The molecule has 1 aliphatic rings. The third-order valence-electron chi connectivity index (χ3n) is 5.86. The number of para-hydroxylation sites is 1. The van der Waals surface area contributed by atoms with Gasteiger partial charge in [-0.1, -0.05) is 60.7 Å². The van der Waals surface area contributed by atoms with Gasteiger partial charge in [0.15, 0.2) is 0 Å². The van der Waals surface area contributed by atoms with Gasteiger partial charge in [-0.25, -0.2) is 0 Å². The molecule has 10 nitrogen and oxygen atoms in total. The molecule has 0 spiro atoms. The highest BCUT2D eigenvalue weighted by molar-refractivity contribution is 8.18. The quantitative estimate of drug-likeness (QED) is 0.148. The third kappa shape index (κ3) is 4.82. The normalized spacial score (nSPS) is 14.3. The molecule has 0 atom stereocenters. The molecule has 38 heavy (non-hydrogen) atoms. The zero-order chi connectivity index (χ0) is 26.8. The number of carbonyl (C=O) groups is 2. The van der Waals surface area contributed by atoms with Gasteiger partial charge < -0.3 is 4.74 Å². The van der Waals surface area contributed by atoms with Crippen molar-refractivity contribution in [3.8, 4) is 11.5 Å². The molecule has 1 fully saturated rings. The number of non-ortho nitro benzene ring substituents is 1. The molecular formula is C27H17N3O7S. The number of carbonyl (C=O) groups excluding carboxylic acids is 2. The number of ether oxygens (including phenoxy) is 1. The summed E-state index contributed by atoms with van der Waals surface area (Å²) in [5, 5.41) is 24.0. The second kappa shape index (κ2) is 10.1. The van der Waals surface area contributed by atoms with Gasteiger partial charge in [-0.2, -0.15) is 0 Å². The Bertz CT molecular complexity index is 1660. The van der Waals surface area contributed by atoms with E-state index in [-0.39, 0.29) is 22.9 Å². The number of hydrogen-bond acceptors (Lipinski definition) is 8. The molecule has 5 rings (SSSR count). The fourth-order valence-corrected chi connectivity index (χ4v) is 4.87. The Hall–Kier alpha value is -5.03. The molecule has 1 heterocycles. The van der Waals surface area contributed by atoms with Gasteiger partial charge in [0.2, 0.25) is 5.75 Å². The predicted octanol–water partition coefficient (Wildman–Crippen LogP) is 6.69. The highest BCUT2D eigenvalue weighted by atomic mass is 32.2. The van der Waals surface area contributed by atoms with E-state index in [1.54, 1.807) is 18.2 Å². The Morgan fingerprint density at radius 2 is 1.58 bits per heavy atom. The number of nitrogens with zero attached hydrogens (tertiary/aromatic N) is 3. The Balaban J connectivity index is 1.43. The Morgan fingerprint density at radius 1 is 0.842 bits per heavy atom. The monoisotopic (exact) mass is 527 g/mol. The summed E-state index contributed by atoms with van der Waals surface area (Å²) in [6.07, 6.45) is 1.49. The van der Waals surface area contributed by atoms with Gasteiger partial charge >= 0.3 is 5.69 Å². The van der Waals surface area contributed by atoms with Crippen molar-refractivity contribution in [3.63, 3.8) is 0 Å². The van der Waals surface area contributed by atoms with E-state index >= 15 is 0 Å². The number of imide groups is 1. The minimum absolute atomic E-state index is 0.108. The summed E-state index contributed by atoms with van der Waals surface area (Å²) in [7, 11) is 0. The maximum absolute atomic E-state index is 13.2. The van der Waals surface area contributed by atoms with Gasteiger partial charge in [0.25, 0.3) is 16.8 Å². The molecule has 11 heteroatoms. The highest BCUT2D eigenvalue weighted by Crippen LogP contribution is 2.39. The number of nitro groups is 2. The lowest BCUT2D eigenvalue weighted by atomic mass is 10.0.